The zero-order chi connectivity index (χ0) is 43.5. The van der Waals surface area contributed by atoms with E-state index in [1.54, 1.807) is 6.20 Å². The smallest absolute Gasteiger partial charge is 0.323 e. The summed E-state index contributed by atoms with van der Waals surface area (Å²) in [7, 11) is 0. The first-order chi connectivity index (χ1) is 28.2. The van der Waals surface area contributed by atoms with Gasteiger partial charge >= 0.3 is 5.97 Å². The van der Waals surface area contributed by atoms with Crippen LogP contribution in [0.2, 0.25) is 0 Å². The average Bonchev–Trinajstić information content (AvgIpc) is 3.64. The molecule has 1 aliphatic heterocycles. The number of benzene rings is 1. The molecule has 0 spiro atoms. The Bertz CT molecular complexity index is 1610. The van der Waals surface area contributed by atoms with E-state index in [1.807, 2.05) is 30.3 Å². The van der Waals surface area contributed by atoms with Crippen LogP contribution in [-0.4, -0.2) is 182 Å². The molecule has 3 rings (SSSR count). The second-order valence-electron chi connectivity index (χ2n) is 14.4. The quantitative estimate of drug-likeness (QED) is 0.0240. The highest BCUT2D eigenvalue weighted by Crippen LogP contribution is 2.25. The molecule has 1 aromatic carbocycles. The molecule has 3 amide bonds. The molecule has 13 N–H and O–H groups in total. The highest BCUT2D eigenvalue weighted by molar-refractivity contribution is 5.86. The molecular weight excluding hydrogens is 778 g/mol. The summed E-state index contributed by atoms with van der Waals surface area (Å²) in [6.45, 7) is 0.859. The number of para-hydroxylation sites is 1. The van der Waals surface area contributed by atoms with Gasteiger partial charge in [-0.25, -0.2) is 0 Å². The van der Waals surface area contributed by atoms with E-state index in [9.17, 15) is 60.0 Å². The summed E-state index contributed by atoms with van der Waals surface area (Å²) in [6, 6.07) is 6.50. The third-order valence-corrected chi connectivity index (χ3v) is 9.93. The summed E-state index contributed by atoms with van der Waals surface area (Å²) in [5.41, 5.74) is 7.75. The number of aliphatic hydroxyl groups excluding tert-OH is 8. The van der Waals surface area contributed by atoms with E-state index in [0.29, 0.717) is 6.42 Å². The van der Waals surface area contributed by atoms with Crippen molar-refractivity contribution in [2.75, 3.05) is 46.0 Å². The second kappa shape index (κ2) is 25.5. The topological polar surface area (TPSA) is 327 Å². The lowest BCUT2D eigenvalue weighted by molar-refractivity contribution is -0.326. The maximum atomic E-state index is 13.2. The van der Waals surface area contributed by atoms with Crippen molar-refractivity contribution in [2.45, 2.75) is 113 Å². The number of nitrogens with two attached hydrogens (primary N) is 1. The molecule has 2 aromatic rings. The minimum Gasteiger partial charge on any atom is -0.454 e. The highest BCUT2D eigenvalue weighted by Gasteiger charge is 2.47. The molecule has 6 unspecified atom stereocenters. The van der Waals surface area contributed by atoms with Crippen LogP contribution in [0, 0.1) is 0 Å². The number of rotatable bonds is 27. The van der Waals surface area contributed by atoms with Crippen LogP contribution in [-0.2, 0) is 39.8 Å². The number of hydrogen-bond acceptors (Lipinski definition) is 16. The van der Waals surface area contributed by atoms with Gasteiger partial charge in [0.2, 0.25) is 5.91 Å². The third-order valence-electron chi connectivity index (χ3n) is 9.93. The third kappa shape index (κ3) is 15.2. The Balaban J connectivity index is 1.53. The lowest BCUT2D eigenvalue weighted by Gasteiger charge is -2.42. The van der Waals surface area contributed by atoms with E-state index in [-0.39, 0.29) is 44.9 Å². The Hall–Kier alpha value is -4.06. The van der Waals surface area contributed by atoms with Gasteiger partial charge in [-0.1, -0.05) is 43.5 Å². The van der Waals surface area contributed by atoms with E-state index < -0.39 is 98.8 Å². The summed E-state index contributed by atoms with van der Waals surface area (Å²) < 4.78 is 15.7. The van der Waals surface area contributed by atoms with Gasteiger partial charge in [0.1, 0.15) is 48.8 Å². The van der Waals surface area contributed by atoms with E-state index in [1.165, 1.54) is 4.90 Å². The van der Waals surface area contributed by atoms with Gasteiger partial charge in [-0.15, -0.1) is 6.58 Å². The molecule has 1 fully saturated rings. The lowest BCUT2D eigenvalue weighted by Crippen LogP contribution is -2.62. The van der Waals surface area contributed by atoms with Crippen LogP contribution in [0.3, 0.4) is 0 Å². The van der Waals surface area contributed by atoms with Gasteiger partial charge in [-0.3, -0.25) is 19.2 Å². The first-order valence-electron chi connectivity index (χ1n) is 19.7. The number of hydrogen-bond donors (Lipinski definition) is 12. The summed E-state index contributed by atoms with van der Waals surface area (Å²) in [4.78, 5) is 55.7. The van der Waals surface area contributed by atoms with Crippen LogP contribution < -0.4 is 16.4 Å². The van der Waals surface area contributed by atoms with Gasteiger partial charge in [0, 0.05) is 56.1 Å². The number of carbonyl (C=O) groups excluding carboxylic acids is 4. The first kappa shape index (κ1) is 49.3. The standard InChI is InChI=1S/C39H61N5O15/c1-2-3-4-5-6-7-8-13-30(49)44(16-14-41-29(48)22-57-38(56)25(40)18-23-19-43-26-12-10-9-11-24(23)26)17-15-42-37(55)34(53)33(52)36(27(47)20-45)59-39-35(54)32(51)31(50)28(21-46)58-39/h2,9-12,19,25,27-28,31-36,39,43,45-47,50-54H,1,3-8,13-18,20-22,40H2,(H,41,48)(H,42,55)/t25-,27?,28?,31+,32+,33?,34?,35?,36?,39+/m1/s1. The molecule has 0 radical (unpaired) electrons. The minimum absolute atomic E-state index is 0.00329. The highest BCUT2D eigenvalue weighted by atomic mass is 16.7. The molecule has 20 heteroatoms. The van der Waals surface area contributed by atoms with Crippen LogP contribution in [0.15, 0.2) is 43.1 Å². The van der Waals surface area contributed by atoms with Gasteiger partial charge < -0.3 is 81.3 Å². The van der Waals surface area contributed by atoms with E-state index in [0.717, 1.165) is 48.6 Å². The van der Waals surface area contributed by atoms with Crippen molar-refractivity contribution in [1.82, 2.24) is 20.5 Å². The number of H-pyrrole nitrogens is 1. The van der Waals surface area contributed by atoms with Crippen molar-refractivity contribution >= 4 is 34.6 Å². The zero-order valence-corrected chi connectivity index (χ0v) is 33.0. The predicted molar refractivity (Wildman–Crippen MR) is 210 cm³/mol. The Kier molecular flexibility index (Phi) is 21.3. The molecule has 59 heavy (non-hydrogen) atoms. The van der Waals surface area contributed by atoms with Crippen LogP contribution >= 0.6 is 0 Å². The zero-order valence-electron chi connectivity index (χ0n) is 33.0. The molecular formula is C39H61N5O15. The van der Waals surface area contributed by atoms with E-state index in [2.05, 4.69) is 22.2 Å². The number of aliphatic hydroxyl groups is 8. The van der Waals surface area contributed by atoms with Crippen molar-refractivity contribution in [3.8, 4) is 0 Å². The van der Waals surface area contributed by atoms with Crippen LogP contribution in [0.25, 0.3) is 10.9 Å². The fraction of sp³-hybridized carbons (Fsp3) is 0.641. The maximum absolute atomic E-state index is 13.2. The van der Waals surface area contributed by atoms with Crippen molar-refractivity contribution < 1.29 is 74.2 Å². The number of ether oxygens (including phenoxy) is 3. The lowest BCUT2D eigenvalue weighted by atomic mass is 9.98. The van der Waals surface area contributed by atoms with Crippen molar-refractivity contribution in [1.29, 1.82) is 0 Å². The van der Waals surface area contributed by atoms with Crippen LogP contribution in [0.5, 0.6) is 0 Å². The monoisotopic (exact) mass is 839 g/mol. The molecule has 1 saturated heterocycles. The van der Waals surface area contributed by atoms with Crippen molar-refractivity contribution in [3.63, 3.8) is 0 Å². The fourth-order valence-electron chi connectivity index (χ4n) is 6.45. The molecule has 0 aliphatic carbocycles. The van der Waals surface area contributed by atoms with Gasteiger partial charge in [0.25, 0.3) is 11.8 Å². The van der Waals surface area contributed by atoms with Gasteiger partial charge in [0.05, 0.1) is 13.2 Å². The molecule has 0 saturated carbocycles. The Morgan fingerprint density at radius 1 is 0.949 bits per heavy atom. The molecule has 0 bridgehead atoms. The Morgan fingerprint density at radius 3 is 2.32 bits per heavy atom. The number of carbonyl (C=O) groups is 4. The summed E-state index contributed by atoms with van der Waals surface area (Å²) >= 11 is 0. The summed E-state index contributed by atoms with van der Waals surface area (Å²) in [6.07, 6.45) is -8.22. The number of aromatic amines is 1. The molecule has 10 atom stereocenters. The number of unbranched alkanes of at least 4 members (excludes halogenated alkanes) is 5. The summed E-state index contributed by atoms with van der Waals surface area (Å²) in [5.74, 6) is -2.86. The average molecular weight is 840 g/mol. The van der Waals surface area contributed by atoms with Gasteiger partial charge in [-0.2, -0.15) is 0 Å². The Labute approximate surface area is 341 Å². The predicted octanol–water partition coefficient (Wildman–Crippen LogP) is -3.18. The number of nitrogens with one attached hydrogen (secondary N) is 3. The van der Waals surface area contributed by atoms with Crippen molar-refractivity contribution in [3.05, 3.63) is 48.7 Å². The molecule has 332 valence electrons. The SMILES string of the molecule is C=CCCCCCCCC(=O)N(CCNC(=O)COC(=O)[C@H](N)Cc1c[nH]c2ccccc12)CCNC(=O)C(O)C(O)C(O[C@@H]1OC(CO)[C@H](O)[C@H](O)C1O)C(O)CO. The molecule has 2 heterocycles. The van der Waals surface area contributed by atoms with E-state index in [4.69, 9.17) is 19.9 Å². The summed E-state index contributed by atoms with van der Waals surface area (Å²) in [5, 5.41) is 87.1. The number of fused-ring (bicyclic) bond motifs is 1. The van der Waals surface area contributed by atoms with Gasteiger partial charge in [-0.05, 0) is 30.9 Å². The number of aromatic nitrogens is 1. The molecule has 1 aliphatic rings. The fourth-order valence-corrected chi connectivity index (χ4v) is 6.45. The Morgan fingerprint density at radius 2 is 1.63 bits per heavy atom. The second-order valence-corrected chi connectivity index (χ2v) is 14.4. The number of amides is 3. The molecule has 1 aromatic heterocycles. The number of nitrogens with zero attached hydrogens (tertiary/aromatic N) is 1. The number of allylic oxidation sites excluding steroid dienone is 1. The van der Waals surface area contributed by atoms with Crippen LogP contribution in [0.4, 0.5) is 0 Å². The van der Waals surface area contributed by atoms with Crippen molar-refractivity contribution in [2.24, 2.45) is 5.73 Å². The van der Waals surface area contributed by atoms with Crippen LogP contribution in [0.1, 0.15) is 50.5 Å². The van der Waals surface area contributed by atoms with E-state index >= 15 is 0 Å². The first-order valence-corrected chi connectivity index (χ1v) is 19.7. The molecule has 20 nitrogen and oxygen atoms in total. The number of esters is 1. The maximum Gasteiger partial charge on any atom is 0.323 e. The largest absolute Gasteiger partial charge is 0.454 e. The minimum atomic E-state index is -2.30. The normalized spacial score (nSPS) is 21.8. The van der Waals surface area contributed by atoms with Gasteiger partial charge in [0.15, 0.2) is 19.0 Å².